The fourth-order valence-corrected chi connectivity index (χ4v) is 3.36. The Bertz CT molecular complexity index is 277. The number of carbonyl (C=O) groups excluding carboxylic acids is 1. The topological polar surface area (TPSA) is 64.3 Å². The first kappa shape index (κ1) is 14.8. The fraction of sp³-hybridized carbons (Fsp3) is 0.933. The Labute approximate surface area is 116 Å². The lowest BCUT2D eigenvalue weighted by Gasteiger charge is -2.30. The van der Waals surface area contributed by atoms with Crippen LogP contribution in [0.15, 0.2) is 0 Å². The second-order valence-electron chi connectivity index (χ2n) is 6.03. The van der Waals surface area contributed by atoms with E-state index in [0.717, 1.165) is 25.7 Å². The Kier molecular flexibility index (Phi) is 6.11. The molecule has 3 N–H and O–H groups in total. The summed E-state index contributed by atoms with van der Waals surface area (Å²) < 4.78 is 5.80. The van der Waals surface area contributed by atoms with Gasteiger partial charge in [-0.15, -0.1) is 0 Å². The number of ether oxygens (including phenoxy) is 1. The predicted octanol–water partition coefficient (Wildman–Crippen LogP) is 1.97. The largest absolute Gasteiger partial charge is 0.368 e. The molecule has 0 bridgehead atoms. The van der Waals surface area contributed by atoms with Crippen LogP contribution < -0.4 is 11.1 Å². The minimum absolute atomic E-state index is 0.0493. The molecule has 2 fully saturated rings. The van der Waals surface area contributed by atoms with E-state index < -0.39 is 0 Å². The van der Waals surface area contributed by atoms with E-state index in [2.05, 4.69) is 5.32 Å². The first-order valence-electron chi connectivity index (χ1n) is 7.90. The highest BCUT2D eigenvalue weighted by Crippen LogP contribution is 2.26. The van der Waals surface area contributed by atoms with E-state index in [-0.39, 0.29) is 18.6 Å². The average Bonchev–Trinajstić information content (AvgIpc) is 2.46. The van der Waals surface area contributed by atoms with Crippen molar-refractivity contribution in [2.75, 3.05) is 13.2 Å². The van der Waals surface area contributed by atoms with Gasteiger partial charge in [-0.1, -0.05) is 32.1 Å². The molecule has 2 unspecified atom stereocenters. The normalized spacial score (nSPS) is 29.1. The Morgan fingerprint density at radius 1 is 1.05 bits per heavy atom. The molecule has 0 saturated heterocycles. The second-order valence-corrected chi connectivity index (χ2v) is 6.03. The van der Waals surface area contributed by atoms with E-state index in [1.54, 1.807) is 0 Å². The molecule has 0 aromatic carbocycles. The van der Waals surface area contributed by atoms with Crippen molar-refractivity contribution in [3.63, 3.8) is 0 Å². The molecule has 2 rings (SSSR count). The first-order chi connectivity index (χ1) is 9.29. The van der Waals surface area contributed by atoms with E-state index in [1.165, 1.54) is 32.1 Å². The molecule has 0 aromatic heterocycles. The smallest absolute Gasteiger partial charge is 0.246 e. The standard InChI is InChI=1S/C15H28N2O2/c16-10-12-6-4-5-9-14(12)19-11-15(18)17-13-7-2-1-3-8-13/h12-14H,1-11,16H2,(H,17,18). The summed E-state index contributed by atoms with van der Waals surface area (Å²) in [6, 6.07) is 0.376. The molecule has 0 aliphatic heterocycles. The fourth-order valence-electron chi connectivity index (χ4n) is 3.36. The van der Waals surface area contributed by atoms with Crippen LogP contribution in [0.5, 0.6) is 0 Å². The predicted molar refractivity (Wildman–Crippen MR) is 75.8 cm³/mol. The molecule has 2 saturated carbocycles. The highest BCUT2D eigenvalue weighted by Gasteiger charge is 2.25. The molecule has 110 valence electrons. The zero-order valence-electron chi connectivity index (χ0n) is 11.9. The summed E-state index contributed by atoms with van der Waals surface area (Å²) in [5.41, 5.74) is 5.77. The first-order valence-corrected chi connectivity index (χ1v) is 7.90. The number of nitrogens with one attached hydrogen (secondary N) is 1. The minimum Gasteiger partial charge on any atom is -0.368 e. The third-order valence-corrected chi connectivity index (χ3v) is 4.54. The van der Waals surface area contributed by atoms with E-state index >= 15 is 0 Å². The number of nitrogens with two attached hydrogens (primary N) is 1. The SMILES string of the molecule is NCC1CCCCC1OCC(=O)NC1CCCCC1. The van der Waals surface area contributed by atoms with Crippen LogP contribution in [0, 0.1) is 5.92 Å². The summed E-state index contributed by atoms with van der Waals surface area (Å²) >= 11 is 0. The Morgan fingerprint density at radius 2 is 1.74 bits per heavy atom. The molecule has 0 aromatic rings. The Morgan fingerprint density at radius 3 is 2.47 bits per heavy atom. The average molecular weight is 268 g/mol. The van der Waals surface area contributed by atoms with Crippen molar-refractivity contribution in [1.82, 2.24) is 5.32 Å². The molecule has 2 atom stereocenters. The number of amides is 1. The third kappa shape index (κ3) is 4.77. The number of hydrogen-bond acceptors (Lipinski definition) is 3. The number of rotatable bonds is 5. The molecule has 4 heteroatoms. The van der Waals surface area contributed by atoms with Gasteiger partial charge in [0.1, 0.15) is 6.61 Å². The molecule has 4 nitrogen and oxygen atoms in total. The van der Waals surface area contributed by atoms with Crippen LogP contribution in [0.25, 0.3) is 0 Å². The summed E-state index contributed by atoms with van der Waals surface area (Å²) in [6.45, 7) is 0.882. The zero-order valence-corrected chi connectivity index (χ0v) is 11.9. The number of hydrogen-bond donors (Lipinski definition) is 2. The van der Waals surface area contributed by atoms with E-state index in [9.17, 15) is 4.79 Å². The van der Waals surface area contributed by atoms with Gasteiger partial charge >= 0.3 is 0 Å². The van der Waals surface area contributed by atoms with Crippen LogP contribution in [0.3, 0.4) is 0 Å². The number of carbonyl (C=O) groups is 1. The van der Waals surface area contributed by atoms with Crippen LogP contribution in [0.2, 0.25) is 0 Å². The van der Waals surface area contributed by atoms with Gasteiger partial charge in [0.2, 0.25) is 5.91 Å². The second kappa shape index (κ2) is 7.85. The Hall–Kier alpha value is -0.610. The van der Waals surface area contributed by atoms with Crippen molar-refractivity contribution in [2.24, 2.45) is 11.7 Å². The van der Waals surface area contributed by atoms with Crippen molar-refractivity contribution in [2.45, 2.75) is 69.9 Å². The summed E-state index contributed by atoms with van der Waals surface area (Å²) in [4.78, 5) is 11.9. The van der Waals surface area contributed by atoms with Crippen LogP contribution in [-0.4, -0.2) is 31.2 Å². The lowest BCUT2D eigenvalue weighted by atomic mass is 9.86. The lowest BCUT2D eigenvalue weighted by Crippen LogP contribution is -2.41. The molecule has 0 heterocycles. The maximum Gasteiger partial charge on any atom is 0.246 e. The monoisotopic (exact) mass is 268 g/mol. The molecule has 0 spiro atoms. The highest BCUT2D eigenvalue weighted by atomic mass is 16.5. The van der Waals surface area contributed by atoms with Crippen molar-refractivity contribution in [3.8, 4) is 0 Å². The van der Waals surface area contributed by atoms with Gasteiger partial charge in [0.25, 0.3) is 0 Å². The molecule has 1 amide bonds. The summed E-state index contributed by atoms with van der Waals surface area (Å²) in [6.07, 6.45) is 10.9. The van der Waals surface area contributed by atoms with Gasteiger partial charge in [-0.25, -0.2) is 0 Å². The summed E-state index contributed by atoms with van der Waals surface area (Å²) in [5.74, 6) is 0.490. The van der Waals surface area contributed by atoms with Crippen molar-refractivity contribution >= 4 is 5.91 Å². The van der Waals surface area contributed by atoms with Gasteiger partial charge in [0, 0.05) is 6.04 Å². The van der Waals surface area contributed by atoms with Gasteiger partial charge in [-0.3, -0.25) is 4.79 Å². The maximum absolute atomic E-state index is 11.9. The van der Waals surface area contributed by atoms with Gasteiger partial charge in [-0.2, -0.15) is 0 Å². The van der Waals surface area contributed by atoms with Crippen LogP contribution in [0.4, 0.5) is 0 Å². The van der Waals surface area contributed by atoms with Gasteiger partial charge in [-0.05, 0) is 38.1 Å². The third-order valence-electron chi connectivity index (χ3n) is 4.54. The van der Waals surface area contributed by atoms with Crippen molar-refractivity contribution < 1.29 is 9.53 Å². The quantitative estimate of drug-likeness (QED) is 0.801. The van der Waals surface area contributed by atoms with Gasteiger partial charge < -0.3 is 15.8 Å². The Balaban J connectivity index is 1.67. The van der Waals surface area contributed by atoms with Crippen molar-refractivity contribution in [3.05, 3.63) is 0 Å². The molecule has 19 heavy (non-hydrogen) atoms. The molecule has 2 aliphatic carbocycles. The summed E-state index contributed by atoms with van der Waals surface area (Å²) in [5, 5.41) is 3.10. The minimum atomic E-state index is 0.0493. The molecule has 0 radical (unpaired) electrons. The maximum atomic E-state index is 11.9. The highest BCUT2D eigenvalue weighted by molar-refractivity contribution is 5.77. The zero-order chi connectivity index (χ0) is 13.5. The lowest BCUT2D eigenvalue weighted by molar-refractivity contribution is -0.130. The van der Waals surface area contributed by atoms with Crippen LogP contribution >= 0.6 is 0 Å². The van der Waals surface area contributed by atoms with E-state index in [0.29, 0.717) is 18.5 Å². The van der Waals surface area contributed by atoms with Gasteiger partial charge in [0.05, 0.1) is 6.10 Å². The van der Waals surface area contributed by atoms with Gasteiger partial charge in [0.15, 0.2) is 0 Å². The van der Waals surface area contributed by atoms with E-state index in [1.807, 2.05) is 0 Å². The van der Waals surface area contributed by atoms with Crippen molar-refractivity contribution in [1.29, 1.82) is 0 Å². The van der Waals surface area contributed by atoms with Crippen LogP contribution in [0.1, 0.15) is 57.8 Å². The van der Waals surface area contributed by atoms with E-state index in [4.69, 9.17) is 10.5 Å². The molecular weight excluding hydrogens is 240 g/mol. The summed E-state index contributed by atoms with van der Waals surface area (Å²) in [7, 11) is 0. The molecule has 2 aliphatic rings. The van der Waals surface area contributed by atoms with Crippen LogP contribution in [-0.2, 0) is 9.53 Å². The molecular formula is C15H28N2O2.